The smallest absolute Gasteiger partial charge is 0.256 e. The molecule has 0 aromatic carbocycles. The van der Waals surface area contributed by atoms with Crippen LogP contribution in [0.15, 0.2) is 18.5 Å². The van der Waals surface area contributed by atoms with Crippen LogP contribution in [-0.4, -0.2) is 42.5 Å². The molecule has 1 aliphatic heterocycles. The van der Waals surface area contributed by atoms with Crippen LogP contribution in [0.1, 0.15) is 12.8 Å². The highest BCUT2D eigenvalue weighted by molar-refractivity contribution is 5.55. The summed E-state index contributed by atoms with van der Waals surface area (Å²) in [5.41, 5.74) is 11.6. The van der Waals surface area contributed by atoms with Crippen molar-refractivity contribution in [1.29, 1.82) is 0 Å². The first-order valence-electron chi connectivity index (χ1n) is 6.79. The van der Waals surface area contributed by atoms with E-state index >= 15 is 0 Å². The topological polar surface area (TPSA) is 116 Å². The third-order valence-electron chi connectivity index (χ3n) is 3.62. The monoisotopic (exact) mass is 285 g/mol. The van der Waals surface area contributed by atoms with Crippen molar-refractivity contribution in [3.8, 4) is 5.82 Å². The van der Waals surface area contributed by atoms with Crippen molar-refractivity contribution in [2.75, 3.05) is 29.5 Å². The third kappa shape index (κ3) is 1.85. The lowest BCUT2D eigenvalue weighted by Crippen LogP contribution is -2.22. The van der Waals surface area contributed by atoms with Gasteiger partial charge in [0.15, 0.2) is 5.82 Å². The largest absolute Gasteiger partial charge is 0.383 e. The second-order valence-corrected chi connectivity index (χ2v) is 5.04. The fraction of sp³-hybridized carbons (Fsp3) is 0.333. The minimum absolute atomic E-state index is 0.360. The Labute approximate surface area is 120 Å². The van der Waals surface area contributed by atoms with Gasteiger partial charge in [-0.3, -0.25) is 0 Å². The van der Waals surface area contributed by atoms with Crippen molar-refractivity contribution in [1.82, 2.24) is 29.4 Å². The van der Waals surface area contributed by atoms with E-state index in [-0.39, 0.29) is 0 Å². The van der Waals surface area contributed by atoms with Crippen molar-refractivity contribution in [2.45, 2.75) is 12.8 Å². The number of nitrogens with two attached hydrogens (primary N) is 2. The average molecular weight is 285 g/mol. The number of fused-ring (bicyclic) bond motifs is 1. The minimum Gasteiger partial charge on any atom is -0.383 e. The lowest BCUT2D eigenvalue weighted by Gasteiger charge is -2.18. The second-order valence-electron chi connectivity index (χ2n) is 5.04. The normalized spacial score (nSPS) is 15.1. The number of rotatable bonds is 2. The van der Waals surface area contributed by atoms with Gasteiger partial charge in [-0.15, -0.1) is 5.10 Å². The van der Waals surface area contributed by atoms with Gasteiger partial charge in [-0.1, -0.05) is 0 Å². The van der Waals surface area contributed by atoms with Crippen LogP contribution in [0.2, 0.25) is 0 Å². The fourth-order valence-corrected chi connectivity index (χ4v) is 2.66. The van der Waals surface area contributed by atoms with Crippen LogP contribution in [0, 0.1) is 0 Å². The van der Waals surface area contributed by atoms with Crippen LogP contribution in [0.3, 0.4) is 0 Å². The molecule has 21 heavy (non-hydrogen) atoms. The summed E-state index contributed by atoms with van der Waals surface area (Å²) in [7, 11) is 0. The van der Waals surface area contributed by atoms with Gasteiger partial charge in [-0.05, 0) is 12.8 Å². The molecule has 0 radical (unpaired) electrons. The first-order chi connectivity index (χ1) is 10.2. The Bertz CT molecular complexity index is 796. The summed E-state index contributed by atoms with van der Waals surface area (Å²) >= 11 is 0. The summed E-state index contributed by atoms with van der Waals surface area (Å²) in [6.45, 7) is 1.99. The molecule has 4 heterocycles. The zero-order valence-electron chi connectivity index (χ0n) is 11.3. The Morgan fingerprint density at radius 2 is 1.90 bits per heavy atom. The predicted octanol–water partition coefficient (Wildman–Crippen LogP) is 0.0746. The molecule has 0 spiro atoms. The van der Waals surface area contributed by atoms with Crippen LogP contribution in [-0.2, 0) is 0 Å². The molecule has 1 aliphatic rings. The van der Waals surface area contributed by atoms with Crippen molar-refractivity contribution in [3.63, 3.8) is 0 Å². The second kappa shape index (κ2) is 4.33. The maximum Gasteiger partial charge on any atom is 0.256 e. The molecule has 1 fully saturated rings. The van der Waals surface area contributed by atoms with Crippen LogP contribution in [0.4, 0.5) is 17.5 Å². The van der Waals surface area contributed by atoms with Gasteiger partial charge in [0.05, 0.1) is 0 Å². The molecule has 1 saturated heterocycles. The van der Waals surface area contributed by atoms with E-state index in [4.69, 9.17) is 11.5 Å². The van der Waals surface area contributed by atoms with Gasteiger partial charge in [0.2, 0.25) is 0 Å². The molecule has 9 nitrogen and oxygen atoms in total. The number of nitrogen functional groups attached to an aromatic ring is 2. The summed E-state index contributed by atoms with van der Waals surface area (Å²) in [6, 6.07) is 3.51. The van der Waals surface area contributed by atoms with Crippen molar-refractivity contribution in [2.24, 2.45) is 0 Å². The third-order valence-corrected chi connectivity index (χ3v) is 3.62. The maximum absolute atomic E-state index is 5.92. The lowest BCUT2D eigenvalue weighted by molar-refractivity contribution is 0.815. The molecule has 108 valence electrons. The Balaban J connectivity index is 1.92. The van der Waals surface area contributed by atoms with Crippen LogP contribution >= 0.6 is 0 Å². The number of hydrogen-bond acceptors (Lipinski definition) is 7. The van der Waals surface area contributed by atoms with Crippen LogP contribution < -0.4 is 16.4 Å². The Morgan fingerprint density at radius 3 is 2.62 bits per heavy atom. The number of aromatic nitrogens is 6. The Morgan fingerprint density at radius 1 is 1.10 bits per heavy atom. The molecule has 4 N–H and O–H groups in total. The minimum atomic E-state index is 0.360. The molecule has 0 bridgehead atoms. The number of hydrogen-bond donors (Lipinski definition) is 2. The molecule has 0 atom stereocenters. The molecular formula is C12H15N9. The van der Waals surface area contributed by atoms with Gasteiger partial charge in [0.25, 0.3) is 5.78 Å². The summed E-state index contributed by atoms with van der Waals surface area (Å²) in [5.74, 6) is 2.85. The number of anilines is 3. The fourth-order valence-electron chi connectivity index (χ4n) is 2.66. The van der Waals surface area contributed by atoms with Gasteiger partial charge in [0.1, 0.15) is 23.8 Å². The van der Waals surface area contributed by atoms with Gasteiger partial charge in [0, 0.05) is 25.2 Å². The standard InChI is InChI=1S/C12H15N9/c13-8-5-9(14)20(18-8)10-6-11(19-3-1-2-4-19)21-12(17-10)15-7-16-21/h5-7H,1-4,14H2,(H2,13,18). The predicted molar refractivity (Wildman–Crippen MR) is 78.2 cm³/mol. The highest BCUT2D eigenvalue weighted by Gasteiger charge is 2.19. The summed E-state index contributed by atoms with van der Waals surface area (Å²) in [5, 5.41) is 8.41. The number of nitrogens with zero attached hydrogens (tertiary/aromatic N) is 7. The maximum atomic E-state index is 5.92. The highest BCUT2D eigenvalue weighted by Crippen LogP contribution is 2.23. The van der Waals surface area contributed by atoms with Crippen LogP contribution in [0.25, 0.3) is 11.6 Å². The van der Waals surface area contributed by atoms with E-state index in [2.05, 4.69) is 25.1 Å². The zero-order chi connectivity index (χ0) is 14.4. The summed E-state index contributed by atoms with van der Waals surface area (Å²) in [6.07, 6.45) is 3.84. The molecule has 3 aromatic rings. The van der Waals surface area contributed by atoms with Gasteiger partial charge < -0.3 is 16.4 Å². The van der Waals surface area contributed by atoms with E-state index in [1.807, 2.05) is 6.07 Å². The molecule has 3 aromatic heterocycles. The zero-order valence-corrected chi connectivity index (χ0v) is 11.3. The quantitative estimate of drug-likeness (QED) is 0.684. The van der Waals surface area contributed by atoms with Crippen molar-refractivity contribution < 1.29 is 0 Å². The molecule has 0 saturated carbocycles. The lowest BCUT2D eigenvalue weighted by atomic mass is 10.4. The van der Waals surface area contributed by atoms with Gasteiger partial charge in [-0.2, -0.15) is 24.3 Å². The first kappa shape index (κ1) is 11.9. The van der Waals surface area contributed by atoms with E-state index in [1.54, 1.807) is 10.6 Å². The molecule has 0 aliphatic carbocycles. The summed E-state index contributed by atoms with van der Waals surface area (Å²) < 4.78 is 3.25. The molecular weight excluding hydrogens is 270 g/mol. The van der Waals surface area contributed by atoms with Crippen molar-refractivity contribution in [3.05, 3.63) is 18.5 Å². The van der Waals surface area contributed by atoms with E-state index in [1.165, 1.54) is 23.9 Å². The average Bonchev–Trinajstić information content (AvgIpc) is 3.17. The molecule has 4 rings (SSSR count). The van der Waals surface area contributed by atoms with Gasteiger partial charge >= 0.3 is 0 Å². The van der Waals surface area contributed by atoms with E-state index in [9.17, 15) is 0 Å². The van der Waals surface area contributed by atoms with E-state index in [0.29, 0.717) is 23.2 Å². The Kier molecular flexibility index (Phi) is 2.46. The Hall–Kier alpha value is -2.84. The first-order valence-corrected chi connectivity index (χ1v) is 6.79. The molecule has 9 heteroatoms. The van der Waals surface area contributed by atoms with Crippen molar-refractivity contribution >= 4 is 23.2 Å². The van der Waals surface area contributed by atoms with Crippen LogP contribution in [0.5, 0.6) is 0 Å². The summed E-state index contributed by atoms with van der Waals surface area (Å²) in [4.78, 5) is 10.9. The molecule has 0 amide bonds. The SMILES string of the molecule is Nc1cc(N)n(-c2cc(N3CCCC3)n3ncnc3n2)n1. The van der Waals surface area contributed by atoms with E-state index in [0.717, 1.165) is 18.9 Å². The highest BCUT2D eigenvalue weighted by atomic mass is 15.4. The molecule has 0 unspecified atom stereocenters. The van der Waals surface area contributed by atoms with Gasteiger partial charge in [-0.25, -0.2) is 0 Å². The van der Waals surface area contributed by atoms with E-state index < -0.39 is 0 Å².